The number of hydrogen-bond donors (Lipinski definition) is 1. The molecule has 0 aliphatic carbocycles. The Labute approximate surface area is 161 Å². The molecular weight excluding hydrogens is 421 g/mol. The second-order valence-corrected chi connectivity index (χ2v) is 6.19. The fourth-order valence-corrected chi connectivity index (χ4v) is 2.66. The van der Waals surface area contributed by atoms with Gasteiger partial charge < -0.3 is 19.5 Å². The lowest BCUT2D eigenvalue weighted by molar-refractivity contribution is 0.114. The Morgan fingerprint density at radius 2 is 2.29 bits per heavy atom. The van der Waals surface area contributed by atoms with Gasteiger partial charge in [-0.05, 0) is 13.3 Å². The molecule has 7 nitrogen and oxygen atoms in total. The molecule has 8 heteroatoms. The monoisotopic (exact) mass is 451 g/mol. The predicted molar refractivity (Wildman–Crippen MR) is 105 cm³/mol. The molecule has 1 aliphatic heterocycles. The minimum atomic E-state index is 0. The van der Waals surface area contributed by atoms with E-state index in [4.69, 9.17) is 9.26 Å². The predicted octanol–water partition coefficient (Wildman–Crippen LogP) is 2.29. The van der Waals surface area contributed by atoms with Gasteiger partial charge in [0.1, 0.15) is 0 Å². The van der Waals surface area contributed by atoms with E-state index in [0.717, 1.165) is 51.1 Å². The van der Waals surface area contributed by atoms with E-state index in [1.807, 2.05) is 14.0 Å². The molecule has 1 aromatic heterocycles. The van der Waals surface area contributed by atoms with Gasteiger partial charge in [0.15, 0.2) is 11.8 Å². The van der Waals surface area contributed by atoms with Crippen LogP contribution in [0.3, 0.4) is 0 Å². The van der Waals surface area contributed by atoms with Crippen LogP contribution in [-0.2, 0) is 11.2 Å². The first-order valence-corrected chi connectivity index (χ1v) is 8.49. The number of ether oxygens (including phenoxy) is 1. The van der Waals surface area contributed by atoms with Gasteiger partial charge in [-0.1, -0.05) is 19.0 Å². The first kappa shape index (κ1) is 21.1. The molecule has 24 heavy (non-hydrogen) atoms. The average molecular weight is 451 g/mol. The lowest BCUT2D eigenvalue weighted by Gasteiger charge is -2.21. The molecule has 0 aromatic carbocycles. The lowest BCUT2D eigenvalue weighted by Crippen LogP contribution is -2.41. The summed E-state index contributed by atoms with van der Waals surface area (Å²) in [6, 6.07) is 0. The zero-order valence-corrected chi connectivity index (χ0v) is 17.4. The van der Waals surface area contributed by atoms with E-state index in [2.05, 4.69) is 39.2 Å². The summed E-state index contributed by atoms with van der Waals surface area (Å²) in [4.78, 5) is 11.1. The molecule has 2 rings (SSSR count). The summed E-state index contributed by atoms with van der Waals surface area (Å²) in [5.41, 5.74) is 0. The summed E-state index contributed by atoms with van der Waals surface area (Å²) in [5.74, 6) is 3.26. The summed E-state index contributed by atoms with van der Waals surface area (Å²) < 4.78 is 10.8. The molecule has 1 aliphatic rings. The minimum Gasteiger partial charge on any atom is -0.381 e. The fraction of sp³-hybridized carbons (Fsp3) is 0.812. The Kier molecular flexibility index (Phi) is 9.57. The van der Waals surface area contributed by atoms with Crippen LogP contribution in [0.2, 0.25) is 0 Å². The summed E-state index contributed by atoms with van der Waals surface area (Å²) in [6.45, 7) is 10.5. The van der Waals surface area contributed by atoms with Crippen LogP contribution < -0.4 is 5.32 Å². The van der Waals surface area contributed by atoms with Crippen LogP contribution in [0.25, 0.3) is 0 Å². The summed E-state index contributed by atoms with van der Waals surface area (Å²) >= 11 is 0. The van der Waals surface area contributed by atoms with Crippen molar-refractivity contribution in [1.29, 1.82) is 0 Å². The molecule has 1 aromatic rings. The fourth-order valence-electron chi connectivity index (χ4n) is 2.66. The minimum absolute atomic E-state index is 0. The topological polar surface area (TPSA) is 75.8 Å². The van der Waals surface area contributed by atoms with Crippen LogP contribution in [0, 0.1) is 5.92 Å². The Balaban J connectivity index is 0.00000288. The Morgan fingerprint density at radius 1 is 1.50 bits per heavy atom. The van der Waals surface area contributed by atoms with Crippen LogP contribution in [-0.4, -0.2) is 60.9 Å². The Hall–Kier alpha value is -0.900. The highest BCUT2D eigenvalue weighted by Crippen LogP contribution is 2.16. The van der Waals surface area contributed by atoms with Crippen LogP contribution in [0.5, 0.6) is 0 Å². The van der Waals surface area contributed by atoms with Crippen molar-refractivity contribution in [3.8, 4) is 0 Å². The van der Waals surface area contributed by atoms with Crippen molar-refractivity contribution in [3.63, 3.8) is 0 Å². The van der Waals surface area contributed by atoms with Crippen molar-refractivity contribution in [3.05, 3.63) is 11.7 Å². The van der Waals surface area contributed by atoms with E-state index in [1.165, 1.54) is 0 Å². The number of nitrogens with zero attached hydrogens (tertiary/aromatic N) is 4. The standard InChI is InChI=1S/C16H29N5O2.HI/c1-5-22-11-13-7-9-21(10-13)16(17-4)18-8-6-14-19-15(12(2)3)20-23-14;/h12-13H,5-11H2,1-4H3,(H,17,18);1H. The second-order valence-electron chi connectivity index (χ2n) is 6.19. The second kappa shape index (κ2) is 10.9. The number of likely N-dealkylation sites (tertiary alicyclic amines) is 1. The molecule has 1 saturated heterocycles. The quantitative estimate of drug-likeness (QED) is 0.390. The van der Waals surface area contributed by atoms with Gasteiger partial charge in [-0.3, -0.25) is 4.99 Å². The van der Waals surface area contributed by atoms with E-state index in [0.29, 0.717) is 24.1 Å². The van der Waals surface area contributed by atoms with Gasteiger partial charge in [-0.2, -0.15) is 4.98 Å². The van der Waals surface area contributed by atoms with Crippen molar-refractivity contribution < 1.29 is 9.26 Å². The third-order valence-corrected chi connectivity index (χ3v) is 3.98. The maximum absolute atomic E-state index is 5.53. The highest BCUT2D eigenvalue weighted by Gasteiger charge is 2.24. The number of aromatic nitrogens is 2. The molecule has 0 saturated carbocycles. The molecule has 138 valence electrons. The molecule has 0 radical (unpaired) electrons. The molecule has 1 atom stereocenters. The maximum Gasteiger partial charge on any atom is 0.228 e. The third kappa shape index (κ3) is 6.19. The largest absolute Gasteiger partial charge is 0.381 e. The van der Waals surface area contributed by atoms with Crippen LogP contribution >= 0.6 is 24.0 Å². The third-order valence-electron chi connectivity index (χ3n) is 3.98. The zero-order chi connectivity index (χ0) is 16.7. The van der Waals surface area contributed by atoms with Crippen LogP contribution in [0.4, 0.5) is 0 Å². The maximum atomic E-state index is 5.53. The molecule has 1 unspecified atom stereocenters. The molecule has 0 amide bonds. The number of halogens is 1. The van der Waals surface area contributed by atoms with Gasteiger partial charge in [0.05, 0.1) is 6.61 Å². The number of aliphatic imine (C=N–C) groups is 1. The summed E-state index contributed by atoms with van der Waals surface area (Å²) in [7, 11) is 1.82. The Bertz CT molecular complexity index is 506. The normalized spacial score (nSPS) is 18.1. The number of hydrogen-bond acceptors (Lipinski definition) is 5. The Morgan fingerprint density at radius 3 is 2.92 bits per heavy atom. The number of guanidine groups is 1. The number of rotatable bonds is 7. The van der Waals surface area contributed by atoms with E-state index in [1.54, 1.807) is 0 Å². The molecule has 0 bridgehead atoms. The first-order valence-electron chi connectivity index (χ1n) is 8.49. The van der Waals surface area contributed by atoms with Gasteiger partial charge in [0, 0.05) is 51.5 Å². The zero-order valence-electron chi connectivity index (χ0n) is 15.1. The smallest absolute Gasteiger partial charge is 0.228 e. The van der Waals surface area contributed by atoms with Crippen LogP contribution in [0.15, 0.2) is 9.52 Å². The molecular formula is C16H30IN5O2. The van der Waals surface area contributed by atoms with Crippen molar-refractivity contribution in [2.24, 2.45) is 10.9 Å². The lowest BCUT2D eigenvalue weighted by atomic mass is 10.1. The SMILES string of the molecule is CCOCC1CCN(C(=NC)NCCc2nc(C(C)C)no2)C1.I. The molecule has 1 N–H and O–H groups in total. The molecule has 2 heterocycles. The highest BCUT2D eigenvalue weighted by atomic mass is 127. The highest BCUT2D eigenvalue weighted by molar-refractivity contribution is 14.0. The number of nitrogens with one attached hydrogen (secondary N) is 1. The van der Waals surface area contributed by atoms with Crippen molar-refractivity contribution in [1.82, 2.24) is 20.4 Å². The summed E-state index contributed by atoms with van der Waals surface area (Å²) in [6.07, 6.45) is 1.86. The molecule has 1 fully saturated rings. The van der Waals surface area contributed by atoms with E-state index < -0.39 is 0 Å². The van der Waals surface area contributed by atoms with E-state index in [9.17, 15) is 0 Å². The van der Waals surface area contributed by atoms with Crippen LogP contribution in [0.1, 0.15) is 44.8 Å². The van der Waals surface area contributed by atoms with E-state index in [-0.39, 0.29) is 24.0 Å². The van der Waals surface area contributed by atoms with Gasteiger partial charge >= 0.3 is 0 Å². The molecule has 0 spiro atoms. The summed E-state index contributed by atoms with van der Waals surface area (Å²) in [5, 5.41) is 7.36. The van der Waals surface area contributed by atoms with Gasteiger partial charge in [-0.25, -0.2) is 0 Å². The van der Waals surface area contributed by atoms with Crippen molar-refractivity contribution in [2.75, 3.05) is 39.9 Å². The van der Waals surface area contributed by atoms with Gasteiger partial charge in [-0.15, -0.1) is 24.0 Å². The van der Waals surface area contributed by atoms with Gasteiger partial charge in [0.25, 0.3) is 0 Å². The van der Waals surface area contributed by atoms with Crippen molar-refractivity contribution >= 4 is 29.9 Å². The average Bonchev–Trinajstić information content (AvgIpc) is 3.19. The van der Waals surface area contributed by atoms with Gasteiger partial charge in [0.2, 0.25) is 5.89 Å². The van der Waals surface area contributed by atoms with Crippen molar-refractivity contribution in [2.45, 2.75) is 39.5 Å². The van der Waals surface area contributed by atoms with E-state index >= 15 is 0 Å². The first-order chi connectivity index (χ1) is 11.1.